The number of hydrogen-bond acceptors (Lipinski definition) is 4. The van der Waals surface area contributed by atoms with Crippen molar-refractivity contribution in [2.24, 2.45) is 0 Å². The number of piperazine rings is 1. The van der Waals surface area contributed by atoms with Crippen LogP contribution in [0.3, 0.4) is 0 Å². The van der Waals surface area contributed by atoms with Crippen LogP contribution in [0.25, 0.3) is 0 Å². The first-order chi connectivity index (χ1) is 9.60. The molecule has 1 aliphatic heterocycles. The molecule has 1 aromatic rings. The Balaban J connectivity index is 1.85. The van der Waals surface area contributed by atoms with E-state index in [9.17, 15) is 5.11 Å². The van der Waals surface area contributed by atoms with Crippen molar-refractivity contribution in [1.82, 2.24) is 9.80 Å². The van der Waals surface area contributed by atoms with Crippen molar-refractivity contribution in [2.45, 2.75) is 13.0 Å². The molecule has 2 rings (SSSR count). The molecule has 112 valence electrons. The number of aryl methyl sites for hydroxylation is 1. The van der Waals surface area contributed by atoms with Crippen molar-refractivity contribution in [3.05, 3.63) is 34.3 Å². The lowest BCUT2D eigenvalue weighted by atomic mass is 10.1. The lowest BCUT2D eigenvalue weighted by Crippen LogP contribution is -2.48. The lowest BCUT2D eigenvalue weighted by molar-refractivity contribution is 0.0661. The van der Waals surface area contributed by atoms with Crippen LogP contribution < -0.4 is 0 Å². The van der Waals surface area contributed by atoms with E-state index in [-0.39, 0.29) is 6.61 Å². The number of aliphatic hydroxyl groups is 2. The van der Waals surface area contributed by atoms with Gasteiger partial charge < -0.3 is 10.2 Å². The first kappa shape index (κ1) is 15.7. The first-order valence-electron chi connectivity index (χ1n) is 7.10. The van der Waals surface area contributed by atoms with Gasteiger partial charge in [-0.15, -0.1) is 0 Å². The minimum atomic E-state index is -0.477. The van der Waals surface area contributed by atoms with E-state index in [1.807, 2.05) is 25.1 Å². The van der Waals surface area contributed by atoms with Crippen molar-refractivity contribution in [2.75, 3.05) is 45.9 Å². The third-order valence-corrected chi connectivity index (χ3v) is 4.30. The summed E-state index contributed by atoms with van der Waals surface area (Å²) < 4.78 is 0. The van der Waals surface area contributed by atoms with E-state index in [4.69, 9.17) is 16.7 Å². The second-order valence-electron chi connectivity index (χ2n) is 5.39. The average Bonchev–Trinajstić information content (AvgIpc) is 2.44. The summed E-state index contributed by atoms with van der Waals surface area (Å²) in [6, 6.07) is 5.69. The molecule has 0 radical (unpaired) electrons. The van der Waals surface area contributed by atoms with Crippen LogP contribution in [-0.2, 0) is 0 Å². The fourth-order valence-corrected chi connectivity index (χ4v) is 2.68. The van der Waals surface area contributed by atoms with Crippen molar-refractivity contribution in [3.63, 3.8) is 0 Å². The van der Waals surface area contributed by atoms with E-state index in [0.29, 0.717) is 6.54 Å². The van der Waals surface area contributed by atoms with Gasteiger partial charge in [-0.1, -0.05) is 23.7 Å². The molecule has 1 heterocycles. The maximum atomic E-state index is 10.3. The second kappa shape index (κ2) is 7.38. The maximum Gasteiger partial charge on any atom is 0.0917 e. The van der Waals surface area contributed by atoms with Crippen LogP contribution in [0.15, 0.2) is 18.2 Å². The molecular formula is C15H23ClN2O2. The lowest BCUT2D eigenvalue weighted by Gasteiger charge is -2.35. The molecule has 20 heavy (non-hydrogen) atoms. The van der Waals surface area contributed by atoms with E-state index in [1.165, 1.54) is 0 Å². The van der Waals surface area contributed by atoms with Crippen molar-refractivity contribution < 1.29 is 10.2 Å². The Hall–Kier alpha value is -0.650. The maximum absolute atomic E-state index is 10.3. The molecule has 0 amide bonds. The molecule has 0 aromatic heterocycles. The van der Waals surface area contributed by atoms with Crippen molar-refractivity contribution >= 4 is 11.6 Å². The highest BCUT2D eigenvalue weighted by atomic mass is 35.5. The number of β-amino-alcohol motifs (C(OH)–C–C–N with tert-alkyl or cyclic N) is 2. The van der Waals surface area contributed by atoms with Gasteiger partial charge >= 0.3 is 0 Å². The number of hydrogen-bond donors (Lipinski definition) is 2. The molecule has 1 atom stereocenters. The van der Waals surface area contributed by atoms with Gasteiger partial charge in [0.05, 0.1) is 12.7 Å². The number of nitrogens with zero attached hydrogens (tertiary/aromatic N) is 2. The minimum absolute atomic E-state index is 0.215. The Kier molecular flexibility index (Phi) is 5.81. The number of aliphatic hydroxyl groups excluding tert-OH is 2. The molecule has 0 saturated carbocycles. The molecule has 0 aliphatic carbocycles. The zero-order valence-corrected chi connectivity index (χ0v) is 12.7. The Labute approximate surface area is 125 Å². The third-order valence-electron chi connectivity index (χ3n) is 3.88. The van der Waals surface area contributed by atoms with Gasteiger partial charge in [-0.3, -0.25) is 9.80 Å². The number of rotatable bonds is 5. The fraction of sp³-hybridized carbons (Fsp3) is 0.600. The van der Waals surface area contributed by atoms with Crippen LogP contribution in [0.2, 0.25) is 5.02 Å². The monoisotopic (exact) mass is 298 g/mol. The molecule has 4 nitrogen and oxygen atoms in total. The highest BCUT2D eigenvalue weighted by Crippen LogP contribution is 2.21. The Bertz CT molecular complexity index is 434. The molecule has 0 bridgehead atoms. The average molecular weight is 299 g/mol. The topological polar surface area (TPSA) is 46.9 Å². The van der Waals surface area contributed by atoms with Crippen molar-refractivity contribution in [3.8, 4) is 0 Å². The summed E-state index contributed by atoms with van der Waals surface area (Å²) >= 11 is 6.00. The van der Waals surface area contributed by atoms with E-state index in [0.717, 1.165) is 48.9 Å². The molecule has 1 aliphatic rings. The highest BCUT2D eigenvalue weighted by Gasteiger charge is 2.19. The molecule has 0 spiro atoms. The van der Waals surface area contributed by atoms with Gasteiger partial charge in [0.25, 0.3) is 0 Å². The number of halogens is 1. The first-order valence-corrected chi connectivity index (χ1v) is 7.47. The van der Waals surface area contributed by atoms with Gasteiger partial charge in [0.1, 0.15) is 0 Å². The molecule has 2 N–H and O–H groups in total. The van der Waals surface area contributed by atoms with Gasteiger partial charge in [-0.25, -0.2) is 0 Å². The van der Waals surface area contributed by atoms with Gasteiger partial charge in [0.15, 0.2) is 0 Å². The summed E-state index contributed by atoms with van der Waals surface area (Å²) in [6.07, 6.45) is -0.477. The van der Waals surface area contributed by atoms with Crippen LogP contribution in [0.4, 0.5) is 0 Å². The third kappa shape index (κ3) is 4.17. The van der Waals surface area contributed by atoms with Gasteiger partial charge in [0.2, 0.25) is 0 Å². The Morgan fingerprint density at radius 2 is 1.85 bits per heavy atom. The fourth-order valence-electron chi connectivity index (χ4n) is 2.56. The quantitative estimate of drug-likeness (QED) is 0.860. The van der Waals surface area contributed by atoms with E-state index in [2.05, 4.69) is 9.80 Å². The summed E-state index contributed by atoms with van der Waals surface area (Å²) in [4.78, 5) is 4.51. The van der Waals surface area contributed by atoms with E-state index >= 15 is 0 Å². The van der Waals surface area contributed by atoms with E-state index < -0.39 is 6.10 Å². The normalized spacial score (nSPS) is 19.2. The Morgan fingerprint density at radius 3 is 2.45 bits per heavy atom. The molecule has 1 unspecified atom stereocenters. The van der Waals surface area contributed by atoms with Crippen LogP contribution in [-0.4, -0.2) is 65.9 Å². The summed E-state index contributed by atoms with van der Waals surface area (Å²) in [5, 5.41) is 20.0. The molecular weight excluding hydrogens is 276 g/mol. The molecule has 1 saturated heterocycles. The van der Waals surface area contributed by atoms with E-state index in [1.54, 1.807) is 0 Å². The van der Waals surface area contributed by atoms with Crippen molar-refractivity contribution in [1.29, 1.82) is 0 Å². The summed E-state index contributed by atoms with van der Waals surface area (Å²) in [5.41, 5.74) is 1.92. The van der Waals surface area contributed by atoms with Crippen LogP contribution in [0, 0.1) is 6.92 Å². The zero-order chi connectivity index (χ0) is 14.5. The minimum Gasteiger partial charge on any atom is -0.395 e. The molecule has 1 fully saturated rings. The number of benzene rings is 1. The SMILES string of the molecule is Cc1cc(C(O)CN2CCN(CCO)CC2)ccc1Cl. The zero-order valence-electron chi connectivity index (χ0n) is 11.9. The summed E-state index contributed by atoms with van der Waals surface area (Å²) in [6.45, 7) is 7.33. The smallest absolute Gasteiger partial charge is 0.0917 e. The Morgan fingerprint density at radius 1 is 1.20 bits per heavy atom. The van der Waals surface area contributed by atoms with Gasteiger partial charge in [-0.05, 0) is 24.1 Å². The standard InChI is InChI=1S/C15H23ClN2O2/c1-12-10-13(2-3-14(12)16)15(20)11-18-6-4-17(5-7-18)8-9-19/h2-3,10,15,19-20H,4-9,11H2,1H3. The molecule has 5 heteroatoms. The van der Waals surface area contributed by atoms with Crippen LogP contribution in [0.1, 0.15) is 17.2 Å². The summed E-state index contributed by atoms with van der Waals surface area (Å²) in [5.74, 6) is 0. The largest absolute Gasteiger partial charge is 0.395 e. The predicted molar refractivity (Wildman–Crippen MR) is 81.1 cm³/mol. The predicted octanol–water partition coefficient (Wildman–Crippen LogP) is 1.29. The van der Waals surface area contributed by atoms with Crippen LogP contribution in [0.5, 0.6) is 0 Å². The van der Waals surface area contributed by atoms with Crippen LogP contribution >= 0.6 is 11.6 Å². The molecule has 1 aromatic carbocycles. The highest BCUT2D eigenvalue weighted by molar-refractivity contribution is 6.31. The van der Waals surface area contributed by atoms with Gasteiger partial charge in [-0.2, -0.15) is 0 Å². The second-order valence-corrected chi connectivity index (χ2v) is 5.80. The van der Waals surface area contributed by atoms with Gasteiger partial charge in [0, 0.05) is 44.3 Å². The summed E-state index contributed by atoms with van der Waals surface area (Å²) in [7, 11) is 0.